The SMILES string of the molecule is CCC(C)(C)c1ccc(-c2ccc(C3CCC(C)(C)CC3)c[n+]2C)c(C)c1. The van der Waals surface area contributed by atoms with Crippen LogP contribution in [0.15, 0.2) is 36.5 Å². The summed E-state index contributed by atoms with van der Waals surface area (Å²) < 4.78 is 2.34. The van der Waals surface area contributed by atoms with Gasteiger partial charge in [-0.2, -0.15) is 0 Å². The lowest BCUT2D eigenvalue weighted by atomic mass is 9.71. The second-order valence-electron chi connectivity index (χ2n) is 10.2. The number of aromatic nitrogens is 1. The Balaban J connectivity index is 1.86. The van der Waals surface area contributed by atoms with E-state index >= 15 is 0 Å². The molecule has 0 N–H and O–H groups in total. The molecule has 0 saturated heterocycles. The highest BCUT2D eigenvalue weighted by molar-refractivity contribution is 5.62. The molecule has 3 rings (SSSR count). The van der Waals surface area contributed by atoms with Gasteiger partial charge < -0.3 is 0 Å². The number of pyridine rings is 1. The first-order valence-electron chi connectivity index (χ1n) is 10.7. The van der Waals surface area contributed by atoms with Crippen molar-refractivity contribution in [2.75, 3.05) is 0 Å². The number of aryl methyl sites for hydroxylation is 2. The summed E-state index contributed by atoms with van der Waals surface area (Å²) >= 11 is 0. The van der Waals surface area contributed by atoms with Crippen LogP contribution in [0.5, 0.6) is 0 Å². The molecule has 0 atom stereocenters. The van der Waals surface area contributed by atoms with Crippen molar-refractivity contribution in [1.29, 1.82) is 0 Å². The monoisotopic (exact) mass is 364 g/mol. The summed E-state index contributed by atoms with van der Waals surface area (Å²) in [7, 11) is 2.20. The molecule has 1 heteroatoms. The molecule has 1 heterocycles. The van der Waals surface area contributed by atoms with Crippen LogP contribution in [0.1, 0.15) is 89.3 Å². The van der Waals surface area contributed by atoms with Gasteiger partial charge in [0.2, 0.25) is 5.69 Å². The predicted molar refractivity (Wildman–Crippen MR) is 116 cm³/mol. The average molecular weight is 365 g/mol. The third-order valence-electron chi connectivity index (χ3n) is 7.13. The van der Waals surface area contributed by atoms with Gasteiger partial charge in [-0.05, 0) is 79.0 Å². The van der Waals surface area contributed by atoms with Crippen LogP contribution in [-0.2, 0) is 12.5 Å². The van der Waals surface area contributed by atoms with Crippen LogP contribution in [-0.4, -0.2) is 0 Å². The van der Waals surface area contributed by atoms with Gasteiger partial charge in [-0.25, -0.2) is 4.57 Å². The molecule has 1 aromatic carbocycles. The highest BCUT2D eigenvalue weighted by Gasteiger charge is 2.29. The molecule has 0 aliphatic heterocycles. The van der Waals surface area contributed by atoms with Crippen LogP contribution in [0.2, 0.25) is 0 Å². The molecule has 2 aromatic rings. The minimum Gasteiger partial charge on any atom is -0.201 e. The third-order valence-corrected chi connectivity index (χ3v) is 7.13. The van der Waals surface area contributed by atoms with Crippen molar-refractivity contribution in [1.82, 2.24) is 0 Å². The number of hydrogen-bond donors (Lipinski definition) is 0. The smallest absolute Gasteiger partial charge is 0.201 e. The molecule has 146 valence electrons. The van der Waals surface area contributed by atoms with Crippen molar-refractivity contribution in [3.8, 4) is 11.3 Å². The maximum Gasteiger partial charge on any atom is 0.212 e. The van der Waals surface area contributed by atoms with Gasteiger partial charge >= 0.3 is 0 Å². The Morgan fingerprint density at radius 2 is 1.74 bits per heavy atom. The molecule has 27 heavy (non-hydrogen) atoms. The fraction of sp³-hybridized carbons (Fsp3) is 0.577. The fourth-order valence-electron chi connectivity index (χ4n) is 4.46. The number of benzene rings is 1. The van der Waals surface area contributed by atoms with Crippen molar-refractivity contribution in [2.45, 2.75) is 85.0 Å². The summed E-state index contributed by atoms with van der Waals surface area (Å²) in [6, 6.07) is 11.7. The molecule has 0 bridgehead atoms. The van der Waals surface area contributed by atoms with E-state index in [0.717, 1.165) is 12.3 Å². The van der Waals surface area contributed by atoms with Crippen molar-refractivity contribution >= 4 is 0 Å². The number of hydrogen-bond acceptors (Lipinski definition) is 0. The van der Waals surface area contributed by atoms with Crippen LogP contribution < -0.4 is 4.57 Å². The zero-order valence-electron chi connectivity index (χ0n) is 18.5. The van der Waals surface area contributed by atoms with Crippen LogP contribution >= 0.6 is 0 Å². The average Bonchev–Trinajstić information content (AvgIpc) is 2.62. The van der Waals surface area contributed by atoms with Gasteiger partial charge in [0, 0.05) is 17.2 Å². The maximum atomic E-state index is 2.42. The Bertz CT molecular complexity index is 803. The molecule has 0 amide bonds. The van der Waals surface area contributed by atoms with Crippen molar-refractivity contribution < 1.29 is 4.57 Å². The Labute approximate surface area is 166 Å². The number of nitrogens with zero attached hydrogens (tertiary/aromatic N) is 1. The standard InChI is InChI=1S/C26H38N/c1-8-26(5,6)22-10-11-23(19(2)17-22)24-12-9-21(18-27(24)7)20-13-15-25(3,4)16-14-20/h9-12,17-18,20H,8,13-16H2,1-7H3/q+1. The molecular weight excluding hydrogens is 326 g/mol. The minimum absolute atomic E-state index is 0.240. The quantitative estimate of drug-likeness (QED) is 0.522. The van der Waals surface area contributed by atoms with E-state index in [9.17, 15) is 0 Å². The molecule has 1 nitrogen and oxygen atoms in total. The summed E-state index contributed by atoms with van der Waals surface area (Å²) in [5.41, 5.74) is 7.76. The van der Waals surface area contributed by atoms with Gasteiger partial charge in [-0.3, -0.25) is 0 Å². The lowest BCUT2D eigenvalue weighted by Gasteiger charge is -2.34. The molecule has 0 unspecified atom stereocenters. The summed E-state index contributed by atoms with van der Waals surface area (Å²) in [5.74, 6) is 0.729. The van der Waals surface area contributed by atoms with Crippen molar-refractivity contribution in [3.05, 3.63) is 53.2 Å². The molecular formula is C26H38N+. The zero-order chi connectivity index (χ0) is 19.8. The normalized spacial score (nSPS) is 17.9. The Morgan fingerprint density at radius 1 is 1.07 bits per heavy atom. The van der Waals surface area contributed by atoms with Crippen LogP contribution in [0.4, 0.5) is 0 Å². The zero-order valence-corrected chi connectivity index (χ0v) is 18.5. The Kier molecular flexibility index (Phi) is 5.52. The Hall–Kier alpha value is -1.63. The Morgan fingerprint density at radius 3 is 2.30 bits per heavy atom. The van der Waals surface area contributed by atoms with E-state index in [0.29, 0.717) is 5.41 Å². The van der Waals surface area contributed by atoms with Crippen molar-refractivity contribution in [3.63, 3.8) is 0 Å². The fourth-order valence-corrected chi connectivity index (χ4v) is 4.46. The van der Waals surface area contributed by atoms with Crippen LogP contribution in [0.25, 0.3) is 11.3 Å². The van der Waals surface area contributed by atoms with E-state index in [1.165, 1.54) is 53.6 Å². The molecule has 1 aliphatic rings. The lowest BCUT2D eigenvalue weighted by Crippen LogP contribution is -2.32. The van der Waals surface area contributed by atoms with Gasteiger partial charge in [-0.15, -0.1) is 0 Å². The first kappa shape index (κ1) is 20.1. The van der Waals surface area contributed by atoms with Crippen LogP contribution in [0, 0.1) is 12.3 Å². The molecule has 1 aromatic heterocycles. The third kappa shape index (κ3) is 4.28. The molecule has 1 fully saturated rings. The summed E-state index contributed by atoms with van der Waals surface area (Å²) in [6.07, 6.45) is 8.88. The minimum atomic E-state index is 0.240. The van der Waals surface area contributed by atoms with Crippen molar-refractivity contribution in [2.24, 2.45) is 12.5 Å². The van der Waals surface area contributed by atoms with Gasteiger partial charge in [0.25, 0.3) is 0 Å². The van der Waals surface area contributed by atoms with E-state index in [1.54, 1.807) is 0 Å². The largest absolute Gasteiger partial charge is 0.212 e. The highest BCUT2D eigenvalue weighted by Crippen LogP contribution is 2.42. The predicted octanol–water partition coefficient (Wildman–Crippen LogP) is 6.86. The highest BCUT2D eigenvalue weighted by atomic mass is 14.9. The lowest BCUT2D eigenvalue weighted by molar-refractivity contribution is -0.660. The molecule has 0 radical (unpaired) electrons. The first-order valence-corrected chi connectivity index (χ1v) is 10.7. The first-order chi connectivity index (χ1) is 12.6. The second kappa shape index (κ2) is 7.41. The topological polar surface area (TPSA) is 3.88 Å². The van der Waals surface area contributed by atoms with E-state index < -0.39 is 0 Å². The van der Waals surface area contributed by atoms with E-state index in [4.69, 9.17) is 0 Å². The second-order valence-corrected chi connectivity index (χ2v) is 10.2. The maximum absolute atomic E-state index is 2.42. The summed E-state index contributed by atoms with van der Waals surface area (Å²) in [5, 5.41) is 0. The van der Waals surface area contributed by atoms with E-state index in [1.807, 2.05) is 0 Å². The summed E-state index contributed by atoms with van der Waals surface area (Å²) in [6.45, 7) is 14.0. The summed E-state index contributed by atoms with van der Waals surface area (Å²) in [4.78, 5) is 0. The number of rotatable bonds is 4. The van der Waals surface area contributed by atoms with Gasteiger partial charge in [0.15, 0.2) is 6.20 Å². The van der Waals surface area contributed by atoms with E-state index in [2.05, 4.69) is 89.7 Å². The molecule has 0 spiro atoms. The van der Waals surface area contributed by atoms with E-state index in [-0.39, 0.29) is 5.41 Å². The molecule has 1 saturated carbocycles. The van der Waals surface area contributed by atoms with Gasteiger partial charge in [0.1, 0.15) is 7.05 Å². The van der Waals surface area contributed by atoms with Gasteiger partial charge in [-0.1, -0.05) is 46.8 Å². The van der Waals surface area contributed by atoms with Crippen LogP contribution in [0.3, 0.4) is 0 Å². The van der Waals surface area contributed by atoms with Gasteiger partial charge in [0.05, 0.1) is 0 Å². The molecule has 1 aliphatic carbocycles.